The molecular formula is C13H22ClN3. The SMILES string of the molecule is C[C@H](NCc1ncc(Cl)n1C)C1CCCCC1. The lowest BCUT2D eigenvalue weighted by molar-refractivity contribution is 0.279. The summed E-state index contributed by atoms with van der Waals surface area (Å²) in [7, 11) is 1.96. The molecule has 1 heterocycles. The van der Waals surface area contributed by atoms with Crippen molar-refractivity contribution >= 4 is 11.6 Å². The number of nitrogens with one attached hydrogen (secondary N) is 1. The van der Waals surface area contributed by atoms with E-state index in [9.17, 15) is 0 Å². The Balaban J connectivity index is 1.83. The van der Waals surface area contributed by atoms with Gasteiger partial charge in [-0.25, -0.2) is 4.98 Å². The van der Waals surface area contributed by atoms with Crippen molar-refractivity contribution in [3.8, 4) is 0 Å². The van der Waals surface area contributed by atoms with E-state index in [4.69, 9.17) is 11.6 Å². The van der Waals surface area contributed by atoms with E-state index in [-0.39, 0.29) is 0 Å². The fraction of sp³-hybridized carbons (Fsp3) is 0.769. The molecule has 1 aromatic rings. The number of hydrogen-bond donors (Lipinski definition) is 1. The molecular weight excluding hydrogens is 234 g/mol. The van der Waals surface area contributed by atoms with Crippen molar-refractivity contribution in [2.24, 2.45) is 13.0 Å². The lowest BCUT2D eigenvalue weighted by Gasteiger charge is -2.28. The summed E-state index contributed by atoms with van der Waals surface area (Å²) in [5.74, 6) is 1.84. The van der Waals surface area contributed by atoms with Gasteiger partial charge in [0.1, 0.15) is 11.0 Å². The van der Waals surface area contributed by atoms with Crippen molar-refractivity contribution < 1.29 is 0 Å². The highest BCUT2D eigenvalue weighted by molar-refractivity contribution is 6.29. The first-order valence-electron chi connectivity index (χ1n) is 6.58. The molecule has 1 aromatic heterocycles. The minimum Gasteiger partial charge on any atom is -0.321 e. The molecule has 1 atom stereocenters. The zero-order valence-electron chi connectivity index (χ0n) is 10.7. The molecule has 1 aliphatic carbocycles. The van der Waals surface area contributed by atoms with Crippen molar-refractivity contribution in [1.29, 1.82) is 0 Å². The number of nitrogens with zero attached hydrogens (tertiary/aromatic N) is 2. The number of rotatable bonds is 4. The fourth-order valence-electron chi connectivity index (χ4n) is 2.64. The van der Waals surface area contributed by atoms with Crippen LogP contribution in [0.3, 0.4) is 0 Å². The van der Waals surface area contributed by atoms with Gasteiger partial charge in [0.05, 0.1) is 12.7 Å². The topological polar surface area (TPSA) is 29.9 Å². The molecule has 1 N–H and O–H groups in total. The summed E-state index contributed by atoms with van der Waals surface area (Å²) >= 11 is 5.97. The van der Waals surface area contributed by atoms with Gasteiger partial charge in [-0.05, 0) is 25.7 Å². The molecule has 96 valence electrons. The predicted molar refractivity (Wildman–Crippen MR) is 71.1 cm³/mol. The van der Waals surface area contributed by atoms with Gasteiger partial charge >= 0.3 is 0 Å². The molecule has 17 heavy (non-hydrogen) atoms. The van der Waals surface area contributed by atoms with E-state index in [1.807, 2.05) is 11.6 Å². The summed E-state index contributed by atoms with van der Waals surface area (Å²) in [6.07, 6.45) is 8.66. The average Bonchev–Trinajstić information content (AvgIpc) is 2.68. The second kappa shape index (κ2) is 5.87. The highest BCUT2D eigenvalue weighted by Gasteiger charge is 2.19. The third-order valence-corrected chi connectivity index (χ3v) is 4.32. The first kappa shape index (κ1) is 12.9. The van der Waals surface area contributed by atoms with Gasteiger partial charge in [0, 0.05) is 13.1 Å². The van der Waals surface area contributed by atoms with Crippen molar-refractivity contribution in [3.63, 3.8) is 0 Å². The van der Waals surface area contributed by atoms with E-state index in [0.717, 1.165) is 18.3 Å². The molecule has 2 rings (SSSR count). The molecule has 0 saturated heterocycles. The Morgan fingerprint density at radius 3 is 2.76 bits per heavy atom. The lowest BCUT2D eigenvalue weighted by atomic mass is 9.84. The molecule has 3 nitrogen and oxygen atoms in total. The third-order valence-electron chi connectivity index (χ3n) is 3.97. The Morgan fingerprint density at radius 2 is 2.18 bits per heavy atom. The monoisotopic (exact) mass is 255 g/mol. The maximum atomic E-state index is 5.97. The van der Waals surface area contributed by atoms with Gasteiger partial charge < -0.3 is 9.88 Å². The molecule has 1 aliphatic rings. The first-order valence-corrected chi connectivity index (χ1v) is 6.95. The standard InChI is InChI=1S/C13H22ClN3/c1-10(11-6-4-3-5-7-11)15-9-13-16-8-12(14)17(13)2/h8,10-11,15H,3-7,9H2,1-2H3/t10-/m0/s1. The summed E-state index contributed by atoms with van der Waals surface area (Å²) in [6.45, 7) is 3.10. The Morgan fingerprint density at radius 1 is 1.47 bits per heavy atom. The van der Waals surface area contributed by atoms with Crippen LogP contribution >= 0.6 is 11.6 Å². The molecule has 0 unspecified atom stereocenters. The van der Waals surface area contributed by atoms with Crippen molar-refractivity contribution in [3.05, 3.63) is 17.2 Å². The molecule has 0 radical (unpaired) electrons. The van der Waals surface area contributed by atoms with Crippen LogP contribution in [0.15, 0.2) is 6.20 Å². The molecule has 4 heteroatoms. The van der Waals surface area contributed by atoms with E-state index in [0.29, 0.717) is 11.2 Å². The maximum Gasteiger partial charge on any atom is 0.128 e. The van der Waals surface area contributed by atoms with Crippen LogP contribution in [0, 0.1) is 5.92 Å². The normalized spacial score (nSPS) is 19.5. The molecule has 0 bridgehead atoms. The number of imidazole rings is 1. The molecule has 1 saturated carbocycles. The van der Waals surface area contributed by atoms with Crippen LogP contribution in [0.5, 0.6) is 0 Å². The first-order chi connectivity index (χ1) is 8.18. The van der Waals surface area contributed by atoms with Crippen LogP contribution in [0.1, 0.15) is 44.9 Å². The highest BCUT2D eigenvalue weighted by atomic mass is 35.5. The quantitative estimate of drug-likeness (QED) is 0.896. The van der Waals surface area contributed by atoms with Crippen LogP contribution in [0.2, 0.25) is 5.15 Å². The summed E-state index contributed by atoms with van der Waals surface area (Å²) in [5.41, 5.74) is 0. The Bertz CT molecular complexity index is 356. The molecule has 1 fully saturated rings. The summed E-state index contributed by atoms with van der Waals surface area (Å²) in [6, 6.07) is 0.575. The summed E-state index contributed by atoms with van der Waals surface area (Å²) in [4.78, 5) is 4.30. The van der Waals surface area contributed by atoms with Crippen molar-refractivity contribution in [2.45, 2.75) is 51.6 Å². The maximum absolute atomic E-state index is 5.97. The van der Waals surface area contributed by atoms with Crippen LogP contribution < -0.4 is 5.32 Å². The van der Waals surface area contributed by atoms with Crippen LogP contribution in [-0.4, -0.2) is 15.6 Å². The number of aromatic nitrogens is 2. The fourth-order valence-corrected chi connectivity index (χ4v) is 2.79. The second-order valence-corrected chi connectivity index (χ2v) is 5.51. The van der Waals surface area contributed by atoms with E-state index >= 15 is 0 Å². The van der Waals surface area contributed by atoms with Crippen molar-refractivity contribution in [2.75, 3.05) is 0 Å². The average molecular weight is 256 g/mol. The van der Waals surface area contributed by atoms with Gasteiger partial charge in [-0.2, -0.15) is 0 Å². The van der Waals surface area contributed by atoms with E-state index in [1.54, 1.807) is 6.20 Å². The summed E-state index contributed by atoms with van der Waals surface area (Å²) < 4.78 is 1.93. The van der Waals surface area contributed by atoms with Crippen LogP contribution in [0.4, 0.5) is 0 Å². The van der Waals surface area contributed by atoms with E-state index in [1.165, 1.54) is 32.1 Å². The minimum absolute atomic E-state index is 0.575. The molecule has 0 aliphatic heterocycles. The van der Waals surface area contributed by atoms with Gasteiger partial charge in [0.15, 0.2) is 0 Å². The van der Waals surface area contributed by atoms with Gasteiger partial charge in [0.25, 0.3) is 0 Å². The smallest absolute Gasteiger partial charge is 0.128 e. The lowest BCUT2D eigenvalue weighted by Crippen LogP contribution is -2.34. The second-order valence-electron chi connectivity index (χ2n) is 5.12. The third kappa shape index (κ3) is 3.23. The Hall–Kier alpha value is -0.540. The Labute approximate surface area is 109 Å². The van der Waals surface area contributed by atoms with Crippen molar-refractivity contribution in [1.82, 2.24) is 14.9 Å². The number of halogens is 1. The zero-order valence-corrected chi connectivity index (χ0v) is 11.5. The number of hydrogen-bond acceptors (Lipinski definition) is 2. The molecule has 0 amide bonds. The minimum atomic E-state index is 0.575. The van der Waals surface area contributed by atoms with Crippen LogP contribution in [0.25, 0.3) is 0 Å². The molecule has 0 spiro atoms. The van der Waals surface area contributed by atoms with Gasteiger partial charge in [0.2, 0.25) is 0 Å². The van der Waals surface area contributed by atoms with Gasteiger partial charge in [-0.1, -0.05) is 30.9 Å². The summed E-state index contributed by atoms with van der Waals surface area (Å²) in [5, 5.41) is 4.28. The highest BCUT2D eigenvalue weighted by Crippen LogP contribution is 2.26. The Kier molecular flexibility index (Phi) is 4.46. The van der Waals surface area contributed by atoms with Gasteiger partial charge in [-0.3, -0.25) is 0 Å². The molecule has 0 aromatic carbocycles. The van der Waals surface area contributed by atoms with Crippen LogP contribution in [-0.2, 0) is 13.6 Å². The van der Waals surface area contributed by atoms with E-state index in [2.05, 4.69) is 17.2 Å². The predicted octanol–water partition coefficient (Wildman–Crippen LogP) is 3.13. The van der Waals surface area contributed by atoms with Gasteiger partial charge in [-0.15, -0.1) is 0 Å². The largest absolute Gasteiger partial charge is 0.321 e. The zero-order chi connectivity index (χ0) is 12.3. The van der Waals surface area contributed by atoms with E-state index < -0.39 is 0 Å².